The molecule has 0 aliphatic rings. The van der Waals surface area contributed by atoms with E-state index in [0.717, 1.165) is 0 Å². The van der Waals surface area contributed by atoms with Crippen molar-refractivity contribution in [3.05, 3.63) is 55.9 Å². The highest BCUT2D eigenvalue weighted by Crippen LogP contribution is 2.33. The number of benzene rings is 1. The number of carboxylic acids is 1. The molecule has 102 valence electrons. The lowest BCUT2D eigenvalue weighted by molar-refractivity contribution is -0.385. The number of carboxylic acid groups (broad SMARTS) is 1. The molecule has 0 atom stereocenters. The molecule has 2 rings (SSSR count). The second-order valence-electron chi connectivity index (χ2n) is 3.65. The zero-order valence-corrected chi connectivity index (χ0v) is 12.0. The van der Waals surface area contributed by atoms with E-state index in [9.17, 15) is 14.9 Å². The zero-order valence-electron chi connectivity index (χ0n) is 9.82. The molecule has 1 aromatic carbocycles. The van der Waals surface area contributed by atoms with E-state index in [1.54, 1.807) is 6.07 Å². The Bertz CT molecular complexity index is 689. The van der Waals surface area contributed by atoms with Gasteiger partial charge >= 0.3 is 11.7 Å². The number of carbonyl (C=O) groups is 1. The lowest BCUT2D eigenvalue weighted by Gasteiger charge is -2.08. The van der Waals surface area contributed by atoms with Crippen LogP contribution in [0.3, 0.4) is 0 Å². The molecule has 0 saturated carbocycles. The molecule has 8 heteroatoms. The molecular weight excluding hydrogens is 379 g/mol. The smallest absolute Gasteiger partial charge is 0.339 e. The first-order chi connectivity index (χ1) is 9.49. The Morgan fingerprint density at radius 1 is 1.35 bits per heavy atom. The number of halogens is 1. The molecule has 0 unspecified atom stereocenters. The van der Waals surface area contributed by atoms with Gasteiger partial charge in [-0.1, -0.05) is 0 Å². The van der Waals surface area contributed by atoms with Gasteiger partial charge in [-0.05, 0) is 40.8 Å². The number of rotatable bonds is 4. The number of ether oxygens (including phenoxy) is 1. The van der Waals surface area contributed by atoms with Gasteiger partial charge in [0.1, 0.15) is 5.56 Å². The first-order valence-corrected chi connectivity index (χ1v) is 6.36. The third kappa shape index (κ3) is 3.02. The maximum absolute atomic E-state index is 11.0. The summed E-state index contributed by atoms with van der Waals surface area (Å²) >= 11 is 1.94. The van der Waals surface area contributed by atoms with Crippen molar-refractivity contribution in [3.63, 3.8) is 0 Å². The predicted molar refractivity (Wildman–Crippen MR) is 77.1 cm³/mol. The summed E-state index contributed by atoms with van der Waals surface area (Å²) in [5.74, 6) is -1.29. The van der Waals surface area contributed by atoms with Crippen LogP contribution in [0.2, 0.25) is 0 Å². The van der Waals surface area contributed by atoms with E-state index >= 15 is 0 Å². The van der Waals surface area contributed by atoms with Gasteiger partial charge in [-0.25, -0.2) is 4.79 Å². The molecule has 0 aliphatic heterocycles. The molecule has 0 amide bonds. The van der Waals surface area contributed by atoms with Crippen LogP contribution in [0.4, 0.5) is 5.69 Å². The molecule has 0 spiro atoms. The molecule has 0 bridgehead atoms. The highest BCUT2D eigenvalue weighted by atomic mass is 127. The van der Waals surface area contributed by atoms with Crippen molar-refractivity contribution in [1.82, 2.24) is 4.98 Å². The summed E-state index contributed by atoms with van der Waals surface area (Å²) in [4.78, 5) is 25.2. The van der Waals surface area contributed by atoms with E-state index in [1.165, 1.54) is 30.6 Å². The topological polar surface area (TPSA) is 103 Å². The number of aromatic carboxylic acids is 1. The maximum atomic E-state index is 11.0. The minimum atomic E-state index is -1.20. The Balaban J connectivity index is 2.45. The predicted octanol–water partition coefficient (Wildman–Crippen LogP) is 3.08. The number of nitro groups is 1. The molecule has 0 saturated heterocycles. The van der Waals surface area contributed by atoms with Gasteiger partial charge in [-0.15, -0.1) is 0 Å². The molecule has 0 fully saturated rings. The van der Waals surface area contributed by atoms with Crippen LogP contribution in [0.5, 0.6) is 11.5 Å². The van der Waals surface area contributed by atoms with E-state index in [-0.39, 0.29) is 22.7 Å². The van der Waals surface area contributed by atoms with Crippen molar-refractivity contribution >= 4 is 34.2 Å². The summed E-state index contributed by atoms with van der Waals surface area (Å²) in [7, 11) is 0. The molecule has 0 radical (unpaired) electrons. The first-order valence-electron chi connectivity index (χ1n) is 5.28. The van der Waals surface area contributed by atoms with Crippen LogP contribution in [0.1, 0.15) is 10.4 Å². The van der Waals surface area contributed by atoms with Crippen LogP contribution >= 0.6 is 22.6 Å². The monoisotopic (exact) mass is 386 g/mol. The average Bonchev–Trinajstić information content (AvgIpc) is 2.41. The highest BCUT2D eigenvalue weighted by Gasteiger charge is 2.19. The summed E-state index contributed by atoms with van der Waals surface area (Å²) in [5, 5.41) is 20.0. The van der Waals surface area contributed by atoms with Crippen LogP contribution in [-0.4, -0.2) is 21.0 Å². The Labute approximate surface area is 126 Å². The minimum Gasteiger partial charge on any atom is -0.478 e. The molecule has 1 heterocycles. The fraction of sp³-hybridized carbons (Fsp3) is 0. The van der Waals surface area contributed by atoms with E-state index in [2.05, 4.69) is 4.98 Å². The molecule has 2 aromatic rings. The van der Waals surface area contributed by atoms with Crippen LogP contribution in [-0.2, 0) is 0 Å². The lowest BCUT2D eigenvalue weighted by atomic mass is 10.2. The van der Waals surface area contributed by atoms with Gasteiger partial charge in [-0.2, -0.15) is 0 Å². The fourth-order valence-corrected chi connectivity index (χ4v) is 1.95. The van der Waals surface area contributed by atoms with Gasteiger partial charge in [-0.3, -0.25) is 15.1 Å². The lowest BCUT2D eigenvalue weighted by Crippen LogP contribution is -2.01. The summed E-state index contributed by atoms with van der Waals surface area (Å²) in [6.07, 6.45) is 2.50. The number of nitro benzene ring substituents is 1. The summed E-state index contributed by atoms with van der Waals surface area (Å²) in [6.45, 7) is 0. The molecule has 20 heavy (non-hydrogen) atoms. The second kappa shape index (κ2) is 5.82. The quantitative estimate of drug-likeness (QED) is 0.492. The number of aromatic nitrogens is 1. The third-order valence-corrected chi connectivity index (χ3v) is 3.02. The normalized spacial score (nSPS) is 10.1. The minimum absolute atomic E-state index is 0.0362. The summed E-state index contributed by atoms with van der Waals surface area (Å²) < 4.78 is 6.00. The van der Waals surface area contributed by atoms with Crippen molar-refractivity contribution in [3.8, 4) is 11.5 Å². The average molecular weight is 386 g/mol. The van der Waals surface area contributed by atoms with Crippen molar-refractivity contribution in [2.75, 3.05) is 0 Å². The van der Waals surface area contributed by atoms with Gasteiger partial charge in [0.2, 0.25) is 5.75 Å². The van der Waals surface area contributed by atoms with E-state index < -0.39 is 10.9 Å². The number of nitrogens with zero attached hydrogens (tertiary/aromatic N) is 2. The van der Waals surface area contributed by atoms with Gasteiger partial charge in [0.25, 0.3) is 0 Å². The Kier molecular flexibility index (Phi) is 4.13. The van der Waals surface area contributed by atoms with Crippen LogP contribution in [0, 0.1) is 13.7 Å². The molecule has 0 aliphatic carbocycles. The Morgan fingerprint density at radius 2 is 2.10 bits per heavy atom. The molecule has 1 aromatic heterocycles. The summed E-state index contributed by atoms with van der Waals surface area (Å²) in [6, 6.07) is 5.64. The van der Waals surface area contributed by atoms with Crippen LogP contribution in [0.15, 0.2) is 36.7 Å². The largest absolute Gasteiger partial charge is 0.478 e. The summed E-state index contributed by atoms with van der Waals surface area (Å²) in [5.41, 5.74) is -0.357. The van der Waals surface area contributed by atoms with Crippen molar-refractivity contribution in [2.45, 2.75) is 0 Å². The van der Waals surface area contributed by atoms with E-state index in [1.807, 2.05) is 22.6 Å². The standard InChI is InChI=1S/C12H7IN2O5/c13-7-1-2-10(9(5-7)15(18)19)20-11-6-14-4-3-8(11)12(16)17/h1-6H,(H,16,17). The van der Waals surface area contributed by atoms with Crippen molar-refractivity contribution in [1.29, 1.82) is 0 Å². The van der Waals surface area contributed by atoms with Crippen molar-refractivity contribution < 1.29 is 19.6 Å². The second-order valence-corrected chi connectivity index (χ2v) is 4.89. The number of hydrogen-bond donors (Lipinski definition) is 1. The fourth-order valence-electron chi connectivity index (χ4n) is 1.48. The number of hydrogen-bond acceptors (Lipinski definition) is 5. The zero-order chi connectivity index (χ0) is 14.7. The third-order valence-electron chi connectivity index (χ3n) is 2.35. The Hall–Kier alpha value is -2.23. The van der Waals surface area contributed by atoms with E-state index in [0.29, 0.717) is 3.57 Å². The van der Waals surface area contributed by atoms with Crippen molar-refractivity contribution in [2.24, 2.45) is 0 Å². The van der Waals surface area contributed by atoms with Gasteiger partial charge < -0.3 is 9.84 Å². The van der Waals surface area contributed by atoms with Gasteiger partial charge in [0, 0.05) is 15.8 Å². The number of pyridine rings is 1. The molecule has 1 N–H and O–H groups in total. The first kappa shape index (κ1) is 14.2. The Morgan fingerprint density at radius 3 is 2.75 bits per heavy atom. The van der Waals surface area contributed by atoms with E-state index in [4.69, 9.17) is 9.84 Å². The highest BCUT2D eigenvalue weighted by molar-refractivity contribution is 14.1. The SMILES string of the molecule is O=C(O)c1ccncc1Oc1ccc(I)cc1[N+](=O)[O-]. The molecule has 7 nitrogen and oxygen atoms in total. The molecular formula is C12H7IN2O5. The van der Waals surface area contributed by atoms with Gasteiger partial charge in [0.15, 0.2) is 5.75 Å². The van der Waals surface area contributed by atoms with Crippen LogP contribution < -0.4 is 4.74 Å². The van der Waals surface area contributed by atoms with Crippen LogP contribution in [0.25, 0.3) is 0 Å². The maximum Gasteiger partial charge on any atom is 0.339 e. The van der Waals surface area contributed by atoms with Gasteiger partial charge in [0.05, 0.1) is 11.1 Å².